The summed E-state index contributed by atoms with van der Waals surface area (Å²) in [6.45, 7) is 0.319. The van der Waals surface area contributed by atoms with Crippen LogP contribution in [0.25, 0.3) is 0 Å². The number of oxazole rings is 1. The maximum atomic E-state index is 12.1. The number of rotatable bonds is 6. The van der Waals surface area contributed by atoms with Gasteiger partial charge in [0.2, 0.25) is 0 Å². The Morgan fingerprint density at radius 2 is 2.12 bits per heavy atom. The van der Waals surface area contributed by atoms with Crippen molar-refractivity contribution >= 4 is 29.2 Å². The maximum absolute atomic E-state index is 12.1. The van der Waals surface area contributed by atoms with Crippen molar-refractivity contribution in [3.8, 4) is 5.75 Å². The fourth-order valence-corrected chi connectivity index (χ4v) is 2.68. The molecule has 7 nitrogen and oxygen atoms in total. The number of thiophene rings is 1. The van der Waals surface area contributed by atoms with Crippen molar-refractivity contribution in [1.29, 1.82) is 0 Å². The number of hydrogen-bond acceptors (Lipinski definition) is 6. The fraction of sp³-hybridized carbons (Fsp3) is 0.118. The topological polar surface area (TPSA) is 93.5 Å². The first kappa shape index (κ1) is 16.7. The highest BCUT2D eigenvalue weighted by atomic mass is 32.1. The molecule has 0 saturated carbocycles. The first-order chi connectivity index (χ1) is 12.2. The van der Waals surface area contributed by atoms with Crippen LogP contribution in [0.2, 0.25) is 0 Å². The highest BCUT2D eigenvalue weighted by Gasteiger charge is 2.15. The van der Waals surface area contributed by atoms with Gasteiger partial charge in [0.15, 0.2) is 5.69 Å². The van der Waals surface area contributed by atoms with Gasteiger partial charge in [-0.3, -0.25) is 14.9 Å². The Kier molecular flexibility index (Phi) is 5.10. The number of aromatic nitrogens is 1. The number of nitrogens with zero attached hydrogens (tertiary/aromatic N) is 1. The monoisotopic (exact) mass is 357 g/mol. The van der Waals surface area contributed by atoms with Gasteiger partial charge in [-0.25, -0.2) is 0 Å². The molecule has 0 aliphatic carbocycles. The third-order valence-corrected chi connectivity index (χ3v) is 4.16. The molecule has 0 fully saturated rings. The molecule has 2 amide bonds. The number of benzene rings is 1. The second-order valence-electron chi connectivity index (χ2n) is 5.00. The average molecular weight is 357 g/mol. The molecule has 25 heavy (non-hydrogen) atoms. The summed E-state index contributed by atoms with van der Waals surface area (Å²) in [5.74, 6) is -0.0184. The molecule has 1 aromatic carbocycles. The standard InChI is InChI=1S/C17H15N3O4S/c1-23-12-5-2-4-11(8-12)9-18-15(21)13-10-24-17(19-13)20-16(22)14-6-3-7-25-14/h2-8,10H,9H2,1H3,(H,18,21)(H,19,20,22). The number of anilines is 1. The van der Waals surface area contributed by atoms with Gasteiger partial charge in [0.1, 0.15) is 12.0 Å². The molecule has 3 aromatic rings. The van der Waals surface area contributed by atoms with Crippen molar-refractivity contribution in [2.45, 2.75) is 6.54 Å². The minimum absolute atomic E-state index is 0.0232. The molecule has 0 aliphatic heterocycles. The molecule has 0 bridgehead atoms. The van der Waals surface area contributed by atoms with Crippen LogP contribution in [0.1, 0.15) is 25.7 Å². The zero-order valence-electron chi connectivity index (χ0n) is 13.3. The van der Waals surface area contributed by atoms with Crippen molar-refractivity contribution in [2.24, 2.45) is 0 Å². The van der Waals surface area contributed by atoms with Gasteiger partial charge in [-0.2, -0.15) is 4.98 Å². The predicted octanol–water partition coefficient (Wildman–Crippen LogP) is 2.93. The smallest absolute Gasteiger partial charge is 0.302 e. The highest BCUT2D eigenvalue weighted by molar-refractivity contribution is 7.12. The summed E-state index contributed by atoms with van der Waals surface area (Å²) in [6.07, 6.45) is 1.20. The van der Waals surface area contributed by atoms with E-state index in [-0.39, 0.29) is 17.6 Å². The molecular weight excluding hydrogens is 342 g/mol. The number of carbonyl (C=O) groups excluding carboxylic acids is 2. The van der Waals surface area contributed by atoms with Crippen LogP contribution in [0.15, 0.2) is 52.5 Å². The van der Waals surface area contributed by atoms with Crippen LogP contribution >= 0.6 is 11.3 Å². The third kappa shape index (κ3) is 4.24. The van der Waals surface area contributed by atoms with E-state index in [0.29, 0.717) is 17.2 Å². The van der Waals surface area contributed by atoms with E-state index >= 15 is 0 Å². The summed E-state index contributed by atoms with van der Waals surface area (Å²) in [5, 5.41) is 7.03. The van der Waals surface area contributed by atoms with Gasteiger partial charge >= 0.3 is 6.01 Å². The van der Waals surface area contributed by atoms with Crippen LogP contribution in [-0.2, 0) is 6.54 Å². The average Bonchev–Trinajstić information content (AvgIpc) is 3.31. The van der Waals surface area contributed by atoms with Gasteiger partial charge < -0.3 is 14.5 Å². The van der Waals surface area contributed by atoms with Gasteiger partial charge in [-0.15, -0.1) is 11.3 Å². The number of hydrogen-bond donors (Lipinski definition) is 2. The summed E-state index contributed by atoms with van der Waals surface area (Å²) >= 11 is 1.30. The molecule has 0 radical (unpaired) electrons. The Balaban J connectivity index is 1.57. The Morgan fingerprint density at radius 3 is 2.88 bits per heavy atom. The zero-order valence-corrected chi connectivity index (χ0v) is 14.1. The number of methoxy groups -OCH3 is 1. The van der Waals surface area contributed by atoms with Crippen molar-refractivity contribution in [3.63, 3.8) is 0 Å². The molecule has 0 saturated heterocycles. The van der Waals surface area contributed by atoms with Gasteiger partial charge in [0, 0.05) is 6.54 Å². The SMILES string of the molecule is COc1cccc(CNC(=O)c2coc(NC(=O)c3cccs3)n2)c1. The van der Waals surface area contributed by atoms with Gasteiger partial charge in [0.25, 0.3) is 11.8 Å². The summed E-state index contributed by atoms with van der Waals surface area (Å²) in [5.41, 5.74) is 0.979. The van der Waals surface area contributed by atoms with Gasteiger partial charge in [-0.1, -0.05) is 18.2 Å². The third-order valence-electron chi connectivity index (χ3n) is 3.29. The Hall–Kier alpha value is -3.13. The van der Waals surface area contributed by atoms with Gasteiger partial charge in [0.05, 0.1) is 12.0 Å². The fourth-order valence-electron chi connectivity index (χ4n) is 2.06. The lowest BCUT2D eigenvalue weighted by molar-refractivity contribution is 0.0944. The molecule has 128 valence electrons. The first-order valence-corrected chi connectivity index (χ1v) is 8.25. The summed E-state index contributed by atoms with van der Waals surface area (Å²) in [4.78, 5) is 28.5. The normalized spacial score (nSPS) is 10.3. The molecule has 2 aromatic heterocycles. The second-order valence-corrected chi connectivity index (χ2v) is 5.95. The van der Waals surface area contributed by atoms with Crippen LogP contribution in [-0.4, -0.2) is 23.9 Å². The predicted molar refractivity (Wildman–Crippen MR) is 92.9 cm³/mol. The van der Waals surface area contributed by atoms with Crippen molar-refractivity contribution in [2.75, 3.05) is 12.4 Å². The lowest BCUT2D eigenvalue weighted by atomic mass is 10.2. The molecule has 0 atom stereocenters. The summed E-state index contributed by atoms with van der Waals surface area (Å²) in [7, 11) is 1.58. The molecule has 3 rings (SSSR count). The van der Waals surface area contributed by atoms with Crippen LogP contribution in [0.3, 0.4) is 0 Å². The van der Waals surface area contributed by atoms with E-state index in [4.69, 9.17) is 9.15 Å². The summed E-state index contributed by atoms with van der Waals surface area (Å²) in [6, 6.07) is 10.8. The van der Waals surface area contributed by atoms with Crippen molar-refractivity contribution in [3.05, 3.63) is 64.2 Å². The lowest BCUT2D eigenvalue weighted by Gasteiger charge is -2.05. The van der Waals surface area contributed by atoms with Crippen LogP contribution in [0.4, 0.5) is 6.01 Å². The van der Waals surface area contributed by atoms with Crippen LogP contribution < -0.4 is 15.4 Å². The van der Waals surface area contributed by atoms with E-state index in [0.717, 1.165) is 5.56 Å². The van der Waals surface area contributed by atoms with Crippen molar-refractivity contribution < 1.29 is 18.7 Å². The van der Waals surface area contributed by atoms with Crippen molar-refractivity contribution in [1.82, 2.24) is 10.3 Å². The van der Waals surface area contributed by atoms with E-state index in [1.807, 2.05) is 24.3 Å². The minimum atomic E-state index is -0.400. The molecule has 0 unspecified atom stereocenters. The van der Waals surface area contributed by atoms with E-state index in [1.165, 1.54) is 17.6 Å². The molecule has 0 aliphatic rings. The Labute approximate surface area is 147 Å². The largest absolute Gasteiger partial charge is 0.497 e. The Bertz CT molecular complexity index is 874. The van der Waals surface area contributed by atoms with Crippen LogP contribution in [0.5, 0.6) is 5.75 Å². The van der Waals surface area contributed by atoms with E-state index in [9.17, 15) is 9.59 Å². The quantitative estimate of drug-likeness (QED) is 0.707. The van der Waals surface area contributed by atoms with Crippen LogP contribution in [0, 0.1) is 0 Å². The molecule has 8 heteroatoms. The van der Waals surface area contributed by atoms with Gasteiger partial charge in [-0.05, 0) is 29.1 Å². The maximum Gasteiger partial charge on any atom is 0.302 e. The number of amides is 2. The summed E-state index contributed by atoms with van der Waals surface area (Å²) < 4.78 is 10.3. The molecular formula is C17H15N3O4S. The molecule has 0 spiro atoms. The first-order valence-electron chi connectivity index (χ1n) is 7.37. The van der Waals surface area contributed by atoms with E-state index < -0.39 is 5.91 Å². The number of carbonyl (C=O) groups is 2. The second kappa shape index (κ2) is 7.63. The number of ether oxygens (including phenoxy) is 1. The highest BCUT2D eigenvalue weighted by Crippen LogP contribution is 2.14. The molecule has 2 heterocycles. The number of nitrogens with one attached hydrogen (secondary N) is 2. The lowest BCUT2D eigenvalue weighted by Crippen LogP contribution is -2.23. The molecule has 2 N–H and O–H groups in total. The van der Waals surface area contributed by atoms with E-state index in [1.54, 1.807) is 24.6 Å². The zero-order chi connectivity index (χ0) is 17.6. The minimum Gasteiger partial charge on any atom is -0.497 e. The Morgan fingerprint density at radius 1 is 1.24 bits per heavy atom. The van der Waals surface area contributed by atoms with E-state index in [2.05, 4.69) is 15.6 Å².